The van der Waals surface area contributed by atoms with E-state index in [1.807, 2.05) is 26.8 Å². The third-order valence-corrected chi connectivity index (χ3v) is 5.54. The van der Waals surface area contributed by atoms with E-state index in [2.05, 4.69) is 18.7 Å². The van der Waals surface area contributed by atoms with Gasteiger partial charge in [0.05, 0.1) is 10.9 Å². The number of anilines is 1. The van der Waals surface area contributed by atoms with Gasteiger partial charge in [0.15, 0.2) is 9.84 Å². The number of hydrogen-bond donors (Lipinski definition) is 0. The summed E-state index contributed by atoms with van der Waals surface area (Å²) in [6, 6.07) is 6.98. The van der Waals surface area contributed by atoms with Crippen molar-refractivity contribution in [2.75, 3.05) is 30.8 Å². The smallest absolute Gasteiger partial charge is 0.410 e. The molecule has 26 heavy (non-hydrogen) atoms. The second-order valence-electron chi connectivity index (χ2n) is 8.20. The third-order valence-electron chi connectivity index (χ3n) is 4.43. The van der Waals surface area contributed by atoms with Crippen molar-refractivity contribution in [1.82, 2.24) is 4.90 Å². The van der Waals surface area contributed by atoms with Crippen LogP contribution in [0.1, 0.15) is 34.6 Å². The summed E-state index contributed by atoms with van der Waals surface area (Å²) >= 11 is 0. The van der Waals surface area contributed by atoms with Crippen molar-refractivity contribution in [3.63, 3.8) is 0 Å². The second-order valence-corrected chi connectivity index (χ2v) is 10.2. The topological polar surface area (TPSA) is 66.9 Å². The van der Waals surface area contributed by atoms with Crippen molar-refractivity contribution >= 4 is 21.6 Å². The van der Waals surface area contributed by atoms with Gasteiger partial charge in [0.2, 0.25) is 0 Å². The number of benzene rings is 1. The van der Waals surface area contributed by atoms with Crippen LogP contribution in [0.15, 0.2) is 29.2 Å². The zero-order chi connectivity index (χ0) is 19.7. The van der Waals surface area contributed by atoms with E-state index in [4.69, 9.17) is 4.74 Å². The maximum atomic E-state index is 12.6. The van der Waals surface area contributed by atoms with Gasteiger partial charge in [-0.3, -0.25) is 0 Å². The minimum absolute atomic E-state index is 0.000454. The summed E-state index contributed by atoms with van der Waals surface area (Å²) in [5.74, 6) is 0.253. The van der Waals surface area contributed by atoms with Gasteiger partial charge in [0, 0.05) is 31.6 Å². The highest BCUT2D eigenvalue weighted by Crippen LogP contribution is 2.26. The van der Waals surface area contributed by atoms with Gasteiger partial charge in [0.1, 0.15) is 5.60 Å². The molecule has 0 spiro atoms. The van der Waals surface area contributed by atoms with Gasteiger partial charge in [-0.2, -0.15) is 0 Å². The fourth-order valence-electron chi connectivity index (χ4n) is 3.07. The first-order valence-electron chi connectivity index (χ1n) is 8.93. The molecule has 1 aliphatic heterocycles. The largest absolute Gasteiger partial charge is 0.444 e. The molecular formula is C19H30N2O4S. The van der Waals surface area contributed by atoms with E-state index < -0.39 is 15.4 Å². The Morgan fingerprint density at radius 2 is 1.88 bits per heavy atom. The van der Waals surface area contributed by atoms with Gasteiger partial charge in [-0.05, 0) is 44.9 Å². The average molecular weight is 383 g/mol. The maximum absolute atomic E-state index is 12.6. The summed E-state index contributed by atoms with van der Waals surface area (Å²) < 4.78 is 29.2. The molecule has 1 heterocycles. The van der Waals surface area contributed by atoms with Gasteiger partial charge < -0.3 is 14.5 Å². The minimum atomic E-state index is -3.25. The predicted molar refractivity (Wildman–Crippen MR) is 103 cm³/mol. The van der Waals surface area contributed by atoms with Crippen LogP contribution in [0.4, 0.5) is 10.5 Å². The lowest BCUT2D eigenvalue weighted by Crippen LogP contribution is -2.58. The summed E-state index contributed by atoms with van der Waals surface area (Å²) in [7, 11) is -3.25. The van der Waals surface area contributed by atoms with Crippen LogP contribution in [0.5, 0.6) is 0 Å². The van der Waals surface area contributed by atoms with Crippen LogP contribution in [-0.2, 0) is 14.6 Å². The Morgan fingerprint density at radius 1 is 1.23 bits per heavy atom. The van der Waals surface area contributed by atoms with Gasteiger partial charge in [-0.1, -0.05) is 19.9 Å². The molecule has 1 aromatic carbocycles. The fraction of sp³-hybridized carbons (Fsp3) is 0.632. The first-order valence-corrected chi connectivity index (χ1v) is 10.8. The molecule has 1 saturated heterocycles. The monoisotopic (exact) mass is 382 g/mol. The summed E-state index contributed by atoms with van der Waals surface area (Å²) in [6.07, 6.45) is 0.921. The van der Waals surface area contributed by atoms with Crippen LogP contribution < -0.4 is 4.90 Å². The highest BCUT2D eigenvalue weighted by atomic mass is 32.2. The van der Waals surface area contributed by atoms with Gasteiger partial charge >= 0.3 is 6.09 Å². The number of ether oxygens (including phenoxy) is 1. The second kappa shape index (κ2) is 7.47. The molecular weight excluding hydrogens is 352 g/mol. The number of carbonyl (C=O) groups excluding carboxylic acids is 1. The molecule has 0 N–H and O–H groups in total. The Balaban J connectivity index is 2.21. The fourth-order valence-corrected chi connectivity index (χ4v) is 3.73. The highest BCUT2D eigenvalue weighted by Gasteiger charge is 2.35. The molecule has 0 unspecified atom stereocenters. The highest BCUT2D eigenvalue weighted by molar-refractivity contribution is 7.90. The SMILES string of the molecule is CC(C)[C@H]1CN(c2cccc(S(C)(=O)=O)c2)CCN1C(=O)OC(C)(C)C. The molecule has 7 heteroatoms. The molecule has 0 aromatic heterocycles. The molecule has 0 aliphatic carbocycles. The van der Waals surface area contributed by atoms with Crippen LogP contribution in [0.2, 0.25) is 0 Å². The van der Waals surface area contributed by atoms with E-state index in [-0.39, 0.29) is 18.1 Å². The molecule has 1 aromatic rings. The van der Waals surface area contributed by atoms with Crippen LogP contribution in [0, 0.1) is 5.92 Å². The molecule has 1 atom stereocenters. The third kappa shape index (κ3) is 5.13. The summed E-state index contributed by atoms with van der Waals surface area (Å²) in [5, 5.41) is 0. The van der Waals surface area contributed by atoms with Gasteiger partial charge in [-0.15, -0.1) is 0 Å². The summed E-state index contributed by atoms with van der Waals surface area (Å²) in [4.78, 5) is 16.8. The molecule has 1 aliphatic rings. The van der Waals surface area contributed by atoms with E-state index >= 15 is 0 Å². The first-order chi connectivity index (χ1) is 11.9. The van der Waals surface area contributed by atoms with Gasteiger partial charge in [0.25, 0.3) is 0 Å². The molecule has 146 valence electrons. The Bertz CT molecular complexity index is 753. The van der Waals surface area contributed by atoms with E-state index in [0.717, 1.165) is 5.69 Å². The van der Waals surface area contributed by atoms with Crippen molar-refractivity contribution in [3.8, 4) is 0 Å². The lowest BCUT2D eigenvalue weighted by atomic mass is 9.99. The maximum Gasteiger partial charge on any atom is 0.410 e. The van der Waals surface area contributed by atoms with Crippen LogP contribution in [-0.4, -0.2) is 56.9 Å². The number of carbonyl (C=O) groups is 1. The van der Waals surface area contributed by atoms with E-state index in [1.165, 1.54) is 6.26 Å². The number of piperazine rings is 1. The molecule has 0 saturated carbocycles. The quantitative estimate of drug-likeness (QED) is 0.803. The number of sulfone groups is 1. The van der Waals surface area contributed by atoms with E-state index in [0.29, 0.717) is 24.5 Å². The number of nitrogens with zero attached hydrogens (tertiary/aromatic N) is 2. The Labute approximate surface area is 157 Å². The van der Waals surface area contributed by atoms with Crippen molar-refractivity contribution < 1.29 is 17.9 Å². The van der Waals surface area contributed by atoms with E-state index in [1.54, 1.807) is 23.1 Å². The molecule has 0 bridgehead atoms. The lowest BCUT2D eigenvalue weighted by Gasteiger charge is -2.44. The minimum Gasteiger partial charge on any atom is -0.444 e. The molecule has 6 nitrogen and oxygen atoms in total. The Morgan fingerprint density at radius 3 is 2.42 bits per heavy atom. The number of rotatable bonds is 3. The van der Waals surface area contributed by atoms with Gasteiger partial charge in [-0.25, -0.2) is 13.2 Å². The van der Waals surface area contributed by atoms with Crippen molar-refractivity contribution in [2.24, 2.45) is 5.92 Å². The lowest BCUT2D eigenvalue weighted by molar-refractivity contribution is 0.00883. The van der Waals surface area contributed by atoms with Crippen LogP contribution in [0.25, 0.3) is 0 Å². The van der Waals surface area contributed by atoms with Crippen LogP contribution in [0.3, 0.4) is 0 Å². The average Bonchev–Trinajstić information content (AvgIpc) is 2.52. The molecule has 2 rings (SSSR count). The molecule has 0 radical (unpaired) electrons. The zero-order valence-electron chi connectivity index (χ0n) is 16.5. The summed E-state index contributed by atoms with van der Waals surface area (Å²) in [6.45, 7) is 11.6. The molecule has 1 fully saturated rings. The van der Waals surface area contributed by atoms with Crippen molar-refractivity contribution in [2.45, 2.75) is 51.2 Å². The number of amides is 1. The van der Waals surface area contributed by atoms with Crippen LogP contribution >= 0.6 is 0 Å². The first kappa shape index (κ1) is 20.6. The predicted octanol–water partition coefficient (Wildman–Crippen LogP) is 3.17. The van der Waals surface area contributed by atoms with Crippen molar-refractivity contribution in [3.05, 3.63) is 24.3 Å². The molecule has 1 amide bonds. The number of hydrogen-bond acceptors (Lipinski definition) is 5. The van der Waals surface area contributed by atoms with E-state index in [9.17, 15) is 13.2 Å². The Kier molecular flexibility index (Phi) is 5.90. The summed E-state index contributed by atoms with van der Waals surface area (Å²) in [5.41, 5.74) is 0.335. The standard InChI is InChI=1S/C19H30N2O4S/c1-14(2)17-13-20(10-11-21(17)18(22)25-19(3,4)5)15-8-7-9-16(12-15)26(6,23)24/h7-9,12,14,17H,10-11,13H2,1-6H3/t17-/m1/s1. The zero-order valence-corrected chi connectivity index (χ0v) is 17.3. The van der Waals surface area contributed by atoms with Crippen molar-refractivity contribution in [1.29, 1.82) is 0 Å². The normalized spacial score (nSPS) is 19.0. The Hall–Kier alpha value is -1.76.